The average molecular weight is 739 g/mol. The van der Waals surface area contributed by atoms with Crippen molar-refractivity contribution in [2.45, 2.75) is 11.8 Å². The Bertz CT molecular complexity index is 3590. The molecule has 13 rings (SSSR count). The molecular formula is C56H34O2. The molecule has 0 saturated heterocycles. The number of allylic oxidation sites excluding steroid dienone is 4. The number of rotatable bonds is 3. The highest BCUT2D eigenvalue weighted by Crippen LogP contribution is 2.51. The summed E-state index contributed by atoms with van der Waals surface area (Å²) >= 11 is 0. The first-order valence-electron chi connectivity index (χ1n) is 20.1. The van der Waals surface area contributed by atoms with Gasteiger partial charge < -0.3 is 8.83 Å². The third-order valence-corrected chi connectivity index (χ3v) is 12.9. The molecule has 0 radical (unpaired) electrons. The number of para-hydroxylation sites is 3. The average Bonchev–Trinajstić information content (AvgIpc) is 3.87. The van der Waals surface area contributed by atoms with Gasteiger partial charge in [-0.2, -0.15) is 0 Å². The Morgan fingerprint density at radius 2 is 0.828 bits per heavy atom. The van der Waals surface area contributed by atoms with Gasteiger partial charge in [0.05, 0.1) is 0 Å². The van der Waals surface area contributed by atoms with E-state index in [1.807, 2.05) is 12.1 Å². The first-order chi connectivity index (χ1) is 28.7. The van der Waals surface area contributed by atoms with Crippen LogP contribution in [0.2, 0.25) is 0 Å². The van der Waals surface area contributed by atoms with E-state index in [4.69, 9.17) is 8.83 Å². The van der Waals surface area contributed by atoms with Gasteiger partial charge in [-0.25, -0.2) is 0 Å². The van der Waals surface area contributed by atoms with Crippen molar-refractivity contribution in [1.29, 1.82) is 0 Å². The largest absolute Gasteiger partial charge is 0.455 e. The maximum Gasteiger partial charge on any atom is 0.143 e. The van der Waals surface area contributed by atoms with Crippen molar-refractivity contribution < 1.29 is 8.83 Å². The van der Waals surface area contributed by atoms with Gasteiger partial charge in [0.25, 0.3) is 0 Å². The second-order valence-electron chi connectivity index (χ2n) is 15.9. The molecule has 2 aliphatic rings. The van der Waals surface area contributed by atoms with Gasteiger partial charge >= 0.3 is 0 Å². The number of hydrogen-bond acceptors (Lipinski definition) is 2. The van der Waals surface area contributed by atoms with E-state index in [0.29, 0.717) is 11.8 Å². The molecule has 270 valence electrons. The van der Waals surface area contributed by atoms with E-state index in [9.17, 15) is 0 Å². The summed E-state index contributed by atoms with van der Waals surface area (Å²) in [5, 5.41) is 9.41. The van der Waals surface area contributed by atoms with Crippen LogP contribution in [0.1, 0.15) is 23.0 Å². The molecule has 0 spiro atoms. The Hall–Kier alpha value is -7.42. The highest BCUT2D eigenvalue weighted by Gasteiger charge is 2.32. The van der Waals surface area contributed by atoms with Crippen LogP contribution in [0.15, 0.2) is 203 Å². The molecule has 0 amide bonds. The van der Waals surface area contributed by atoms with Crippen LogP contribution in [0.25, 0.3) is 110 Å². The van der Waals surface area contributed by atoms with Crippen LogP contribution in [0, 0.1) is 0 Å². The van der Waals surface area contributed by atoms with Gasteiger partial charge in [-0.05, 0) is 102 Å². The van der Waals surface area contributed by atoms with Gasteiger partial charge in [0.2, 0.25) is 0 Å². The molecular weight excluding hydrogens is 705 g/mol. The Kier molecular flexibility index (Phi) is 6.59. The lowest BCUT2D eigenvalue weighted by molar-refractivity contribution is 0.669. The maximum absolute atomic E-state index is 6.85. The molecule has 2 aromatic heterocycles. The van der Waals surface area contributed by atoms with Gasteiger partial charge in [-0.15, -0.1) is 0 Å². The molecule has 0 saturated carbocycles. The highest BCUT2D eigenvalue weighted by molar-refractivity contribution is 6.14. The molecule has 0 fully saturated rings. The van der Waals surface area contributed by atoms with E-state index in [2.05, 4.69) is 182 Å². The van der Waals surface area contributed by atoms with Crippen molar-refractivity contribution in [3.63, 3.8) is 0 Å². The Morgan fingerprint density at radius 3 is 1.60 bits per heavy atom. The summed E-state index contributed by atoms with van der Waals surface area (Å²) < 4.78 is 13.3. The lowest BCUT2D eigenvalue weighted by Gasteiger charge is -2.34. The lowest BCUT2D eigenvalue weighted by Crippen LogP contribution is -2.16. The second-order valence-corrected chi connectivity index (χ2v) is 15.9. The van der Waals surface area contributed by atoms with Crippen LogP contribution in [0.4, 0.5) is 0 Å². The smallest absolute Gasteiger partial charge is 0.143 e. The molecule has 0 N–H and O–H groups in total. The van der Waals surface area contributed by atoms with E-state index in [-0.39, 0.29) is 0 Å². The summed E-state index contributed by atoms with van der Waals surface area (Å²) in [5.41, 5.74) is 15.9. The molecule has 2 atom stereocenters. The zero-order valence-corrected chi connectivity index (χ0v) is 31.4. The zero-order chi connectivity index (χ0) is 37.9. The van der Waals surface area contributed by atoms with Gasteiger partial charge in [0, 0.05) is 44.5 Å². The van der Waals surface area contributed by atoms with E-state index in [1.165, 1.54) is 49.4 Å². The quantitative estimate of drug-likeness (QED) is 0.169. The van der Waals surface area contributed by atoms with Crippen molar-refractivity contribution >= 4 is 65.4 Å². The molecule has 2 heterocycles. The zero-order valence-electron chi connectivity index (χ0n) is 31.4. The van der Waals surface area contributed by atoms with Crippen LogP contribution in [-0.4, -0.2) is 0 Å². The summed E-state index contributed by atoms with van der Waals surface area (Å²) in [5.74, 6) is 0.715. The minimum atomic E-state index is 0.345. The molecule has 2 heteroatoms. The van der Waals surface area contributed by atoms with E-state index in [0.717, 1.165) is 71.7 Å². The molecule has 58 heavy (non-hydrogen) atoms. The first-order valence-corrected chi connectivity index (χ1v) is 20.1. The standard InChI is InChI=1S/C56H34O2/c1-2-11-43-41(9-1)42-10-3-4-12-44(42)52-31-38(26-27-45(43)52)40-15-8-17-49-47-28-25-36(32-54(47)58-56(40)49)35-23-21-33-19-20-34-22-24-37(30-51(34)50(33)29-35)39-14-7-16-48-46-13-5-6-18-53(46)57-55(39)48/h1-32,41,43H. The minimum Gasteiger partial charge on any atom is -0.455 e. The van der Waals surface area contributed by atoms with Crippen molar-refractivity contribution in [3.05, 3.63) is 205 Å². The van der Waals surface area contributed by atoms with Gasteiger partial charge in [0.15, 0.2) is 0 Å². The van der Waals surface area contributed by atoms with Crippen LogP contribution in [0.5, 0.6) is 0 Å². The lowest BCUT2D eigenvalue weighted by atomic mass is 9.69. The molecule has 0 aliphatic heterocycles. The summed E-state index contributed by atoms with van der Waals surface area (Å²) in [7, 11) is 0. The fourth-order valence-electron chi connectivity index (χ4n) is 10.1. The van der Waals surface area contributed by atoms with Gasteiger partial charge in [-0.3, -0.25) is 0 Å². The highest BCUT2D eigenvalue weighted by atomic mass is 16.3. The van der Waals surface area contributed by atoms with Crippen molar-refractivity contribution in [3.8, 4) is 44.5 Å². The fourth-order valence-corrected chi connectivity index (χ4v) is 10.1. The normalized spacial score (nSPS) is 15.8. The van der Waals surface area contributed by atoms with Crippen LogP contribution in [0.3, 0.4) is 0 Å². The molecule has 0 bridgehead atoms. The van der Waals surface area contributed by atoms with Crippen molar-refractivity contribution in [1.82, 2.24) is 0 Å². The van der Waals surface area contributed by atoms with Gasteiger partial charge in [-0.1, -0.05) is 158 Å². The van der Waals surface area contributed by atoms with E-state index >= 15 is 0 Å². The van der Waals surface area contributed by atoms with Crippen molar-refractivity contribution in [2.75, 3.05) is 0 Å². The number of hydrogen-bond donors (Lipinski definition) is 0. The topological polar surface area (TPSA) is 26.3 Å². The minimum absolute atomic E-state index is 0.345. The Balaban J connectivity index is 0.916. The Labute approximate surface area is 334 Å². The van der Waals surface area contributed by atoms with Crippen LogP contribution < -0.4 is 0 Å². The van der Waals surface area contributed by atoms with E-state index in [1.54, 1.807) is 0 Å². The summed E-state index contributed by atoms with van der Waals surface area (Å²) in [6.07, 6.45) is 9.09. The third-order valence-electron chi connectivity index (χ3n) is 12.9. The predicted octanol–water partition coefficient (Wildman–Crippen LogP) is 15.8. The summed E-state index contributed by atoms with van der Waals surface area (Å²) in [4.78, 5) is 0. The molecule has 11 aromatic rings. The number of fused-ring (bicyclic) bond motifs is 15. The summed E-state index contributed by atoms with van der Waals surface area (Å²) in [6, 6.07) is 61.9. The Morgan fingerprint density at radius 1 is 0.310 bits per heavy atom. The van der Waals surface area contributed by atoms with Crippen LogP contribution >= 0.6 is 0 Å². The second kappa shape index (κ2) is 12.0. The van der Waals surface area contributed by atoms with Gasteiger partial charge in [0.1, 0.15) is 22.3 Å². The molecule has 9 aromatic carbocycles. The van der Waals surface area contributed by atoms with E-state index < -0.39 is 0 Å². The third kappa shape index (κ3) is 4.60. The molecule has 2 unspecified atom stereocenters. The monoisotopic (exact) mass is 738 g/mol. The maximum atomic E-state index is 6.85. The predicted molar refractivity (Wildman–Crippen MR) is 242 cm³/mol. The fraction of sp³-hybridized carbons (Fsp3) is 0.0357. The first kappa shape index (κ1) is 31.7. The number of benzene rings is 9. The van der Waals surface area contributed by atoms with Crippen LogP contribution in [-0.2, 0) is 0 Å². The SMILES string of the molecule is C1=CC2c3ccccc3-c3cc(-c4cccc5c4oc4cc(-c6ccc7ccc8ccc(-c9cccc%10c9oc9ccccc9%10)cc8c7c6)ccc45)ccc3C2C=C1. The molecule has 2 aliphatic carbocycles. The molecule has 2 nitrogen and oxygen atoms in total. The van der Waals surface area contributed by atoms with Crippen molar-refractivity contribution in [2.24, 2.45) is 0 Å². The number of furan rings is 2. The summed E-state index contributed by atoms with van der Waals surface area (Å²) in [6.45, 7) is 0.